The van der Waals surface area contributed by atoms with Gasteiger partial charge in [0.15, 0.2) is 0 Å². The molecule has 0 spiro atoms. The minimum Gasteiger partial charge on any atom is -0.316 e. The van der Waals surface area contributed by atoms with E-state index < -0.39 is 10.1 Å². The highest BCUT2D eigenvalue weighted by molar-refractivity contribution is 7.85. The molecule has 140 valence electrons. The molecule has 1 aliphatic heterocycles. The summed E-state index contributed by atoms with van der Waals surface area (Å²) in [5, 5.41) is 10.9. The number of nitrogens with zero attached hydrogens (tertiary/aromatic N) is 1. The van der Waals surface area contributed by atoms with Crippen LogP contribution in [0.5, 0.6) is 0 Å². The summed E-state index contributed by atoms with van der Waals surface area (Å²) in [5.41, 5.74) is 4.69. The molecular formula is C19H25N3O3S. The van der Waals surface area contributed by atoms with Crippen molar-refractivity contribution in [2.75, 3.05) is 13.1 Å². The maximum atomic E-state index is 10.5. The van der Waals surface area contributed by atoms with Gasteiger partial charge in [-0.1, -0.05) is 17.7 Å². The van der Waals surface area contributed by atoms with Crippen molar-refractivity contribution in [2.24, 2.45) is 11.3 Å². The summed E-state index contributed by atoms with van der Waals surface area (Å²) in [4.78, 5) is -0.0666. The topological polar surface area (TPSA) is 95.1 Å². The molecule has 26 heavy (non-hydrogen) atoms. The lowest BCUT2D eigenvalue weighted by Gasteiger charge is -2.74. The molecule has 3 aliphatic carbocycles. The fourth-order valence-electron chi connectivity index (χ4n) is 4.69. The van der Waals surface area contributed by atoms with E-state index in [-0.39, 0.29) is 4.90 Å². The summed E-state index contributed by atoms with van der Waals surface area (Å²) in [6.07, 6.45) is 4.20. The van der Waals surface area contributed by atoms with Gasteiger partial charge >= 0.3 is 0 Å². The van der Waals surface area contributed by atoms with Gasteiger partial charge < -0.3 is 5.32 Å². The summed E-state index contributed by atoms with van der Waals surface area (Å²) >= 11 is 0. The molecule has 4 fully saturated rings. The van der Waals surface area contributed by atoms with Crippen LogP contribution in [-0.2, 0) is 15.5 Å². The van der Waals surface area contributed by atoms with Crippen LogP contribution in [0.4, 0.5) is 0 Å². The Morgan fingerprint density at radius 1 is 1.12 bits per heavy atom. The predicted molar refractivity (Wildman–Crippen MR) is 98.6 cm³/mol. The van der Waals surface area contributed by atoms with Gasteiger partial charge in [0.25, 0.3) is 10.1 Å². The Morgan fingerprint density at radius 2 is 1.73 bits per heavy atom. The number of aromatic nitrogens is 2. The normalized spacial score (nSPS) is 29.7. The second-order valence-electron chi connectivity index (χ2n) is 8.25. The summed E-state index contributed by atoms with van der Waals surface area (Å²) in [6, 6.07) is 8.23. The van der Waals surface area contributed by atoms with E-state index in [2.05, 4.69) is 28.5 Å². The minimum atomic E-state index is -4.02. The van der Waals surface area contributed by atoms with E-state index in [1.54, 1.807) is 12.1 Å². The van der Waals surface area contributed by atoms with Gasteiger partial charge in [-0.15, -0.1) is 0 Å². The highest BCUT2D eigenvalue weighted by Gasteiger charge is 2.72. The number of H-pyrrole nitrogens is 1. The molecule has 1 aromatic carbocycles. The smallest absolute Gasteiger partial charge is 0.294 e. The average molecular weight is 375 g/mol. The molecule has 1 saturated heterocycles. The number of hydrogen-bond acceptors (Lipinski definition) is 4. The van der Waals surface area contributed by atoms with Crippen LogP contribution in [-0.4, -0.2) is 36.3 Å². The summed E-state index contributed by atoms with van der Waals surface area (Å²) < 4.78 is 29.6. The fraction of sp³-hybridized carbons (Fsp3) is 0.526. The number of aryl methyl sites for hydroxylation is 2. The van der Waals surface area contributed by atoms with E-state index in [0.717, 1.165) is 16.9 Å². The second-order valence-corrected chi connectivity index (χ2v) is 9.67. The third-order valence-electron chi connectivity index (χ3n) is 6.29. The maximum absolute atomic E-state index is 10.5. The first-order chi connectivity index (χ1) is 12.2. The van der Waals surface area contributed by atoms with Gasteiger partial charge in [-0.25, -0.2) is 0 Å². The van der Waals surface area contributed by atoms with Gasteiger partial charge in [0.05, 0.1) is 10.6 Å². The van der Waals surface area contributed by atoms with E-state index in [4.69, 9.17) is 4.55 Å². The van der Waals surface area contributed by atoms with E-state index in [9.17, 15) is 8.42 Å². The molecule has 0 amide bonds. The first-order valence-corrected chi connectivity index (χ1v) is 10.4. The molecule has 6 rings (SSSR count). The third-order valence-corrected chi connectivity index (χ3v) is 7.15. The molecule has 3 saturated carbocycles. The molecule has 4 aliphatic rings. The summed E-state index contributed by atoms with van der Waals surface area (Å²) in [5.74, 6) is 0.972. The lowest BCUT2D eigenvalue weighted by Crippen LogP contribution is -2.72. The van der Waals surface area contributed by atoms with Crippen molar-refractivity contribution >= 4 is 10.1 Å². The molecule has 0 atom stereocenters. The van der Waals surface area contributed by atoms with Crippen LogP contribution in [0.15, 0.2) is 35.2 Å². The lowest BCUT2D eigenvalue weighted by molar-refractivity contribution is -0.193. The first-order valence-electron chi connectivity index (χ1n) is 9.00. The first kappa shape index (κ1) is 17.7. The van der Waals surface area contributed by atoms with Crippen LogP contribution in [0.3, 0.4) is 0 Å². The Hall–Kier alpha value is -1.70. The lowest BCUT2D eigenvalue weighted by atomic mass is 9.30. The SMILES string of the molecule is Cc1cc(C23CC(C4CNC4)(C2)C3)n[nH]1.Cc1ccc(S(=O)(=O)O)cc1. The van der Waals surface area contributed by atoms with Crippen molar-refractivity contribution in [3.8, 4) is 0 Å². The van der Waals surface area contributed by atoms with E-state index in [0.29, 0.717) is 5.41 Å². The number of nitrogens with one attached hydrogen (secondary N) is 2. The van der Waals surface area contributed by atoms with E-state index >= 15 is 0 Å². The third kappa shape index (κ3) is 2.88. The van der Waals surface area contributed by atoms with Gasteiger partial charge in [0.1, 0.15) is 0 Å². The number of hydrogen-bond donors (Lipinski definition) is 3. The quantitative estimate of drug-likeness (QED) is 0.717. The highest BCUT2D eigenvalue weighted by Crippen LogP contribution is 2.76. The zero-order chi connectivity index (χ0) is 18.6. The van der Waals surface area contributed by atoms with E-state index in [1.807, 2.05) is 6.92 Å². The standard InChI is InChI=1S/C12H17N3.C7H8O3S/c1-8-2-10(15-14-8)12-5-11(6-12,7-12)9-3-13-4-9;1-6-2-4-7(5-3-6)11(8,9)10/h2,9,13H,3-7H2,1H3,(H,14,15);2-5H,1H3,(H,8,9,10). The molecular weight excluding hydrogens is 350 g/mol. The predicted octanol–water partition coefficient (Wildman–Crippen LogP) is 2.60. The van der Waals surface area contributed by atoms with Crippen molar-refractivity contribution in [2.45, 2.75) is 43.4 Å². The molecule has 0 unspecified atom stereocenters. The van der Waals surface area contributed by atoms with Crippen molar-refractivity contribution in [3.63, 3.8) is 0 Å². The Bertz CT molecular complexity index is 894. The Labute approximate surface area is 154 Å². The molecule has 2 bridgehead atoms. The van der Waals surface area contributed by atoms with Crippen molar-refractivity contribution < 1.29 is 13.0 Å². The molecule has 2 aromatic rings. The van der Waals surface area contributed by atoms with Gasteiger partial charge in [-0.05, 0) is 75.7 Å². The maximum Gasteiger partial charge on any atom is 0.294 e. The van der Waals surface area contributed by atoms with Crippen molar-refractivity contribution in [1.29, 1.82) is 0 Å². The monoisotopic (exact) mass is 375 g/mol. The second kappa shape index (κ2) is 5.90. The van der Waals surface area contributed by atoms with Gasteiger partial charge in [-0.3, -0.25) is 9.65 Å². The molecule has 7 heteroatoms. The van der Waals surface area contributed by atoms with Crippen LogP contribution in [0.1, 0.15) is 36.2 Å². The van der Waals surface area contributed by atoms with Crippen LogP contribution >= 0.6 is 0 Å². The zero-order valence-electron chi connectivity index (χ0n) is 15.1. The number of rotatable bonds is 3. The largest absolute Gasteiger partial charge is 0.316 e. The van der Waals surface area contributed by atoms with Gasteiger partial charge in [0, 0.05) is 11.1 Å². The Kier molecular flexibility index (Phi) is 4.02. The van der Waals surface area contributed by atoms with Crippen molar-refractivity contribution in [3.05, 3.63) is 47.3 Å². The molecule has 2 heterocycles. The van der Waals surface area contributed by atoms with Crippen LogP contribution < -0.4 is 5.32 Å². The molecule has 3 N–H and O–H groups in total. The summed E-state index contributed by atoms with van der Waals surface area (Å²) in [6.45, 7) is 6.45. The zero-order valence-corrected chi connectivity index (χ0v) is 15.9. The van der Waals surface area contributed by atoms with Crippen molar-refractivity contribution in [1.82, 2.24) is 15.5 Å². The van der Waals surface area contributed by atoms with E-state index in [1.165, 1.54) is 55.9 Å². The molecule has 1 aromatic heterocycles. The minimum absolute atomic E-state index is 0.0666. The highest BCUT2D eigenvalue weighted by atomic mass is 32.2. The average Bonchev–Trinajstić information content (AvgIpc) is 2.85. The molecule has 6 nitrogen and oxygen atoms in total. The van der Waals surface area contributed by atoms with Gasteiger partial charge in [0.2, 0.25) is 0 Å². The Balaban J connectivity index is 0.000000137. The van der Waals surface area contributed by atoms with Gasteiger partial charge in [-0.2, -0.15) is 13.5 Å². The fourth-order valence-corrected chi connectivity index (χ4v) is 5.17. The van der Waals surface area contributed by atoms with Crippen LogP contribution in [0.2, 0.25) is 0 Å². The van der Waals surface area contributed by atoms with Crippen LogP contribution in [0.25, 0.3) is 0 Å². The Morgan fingerprint density at radius 3 is 2.15 bits per heavy atom. The number of aromatic amines is 1. The van der Waals surface area contributed by atoms with Crippen LogP contribution in [0, 0.1) is 25.2 Å². The number of benzene rings is 1. The summed E-state index contributed by atoms with van der Waals surface area (Å²) in [7, 11) is -4.02. The molecule has 0 radical (unpaired) electrons.